The van der Waals surface area contributed by atoms with Gasteiger partial charge in [0.25, 0.3) is 5.91 Å². The second kappa shape index (κ2) is 7.05. The number of halogens is 1. The second-order valence-electron chi connectivity index (χ2n) is 5.29. The minimum absolute atomic E-state index is 0.261. The van der Waals surface area contributed by atoms with Crippen LogP contribution in [0, 0.1) is 0 Å². The lowest BCUT2D eigenvalue weighted by atomic mass is 9.95. The van der Waals surface area contributed by atoms with Gasteiger partial charge in [-0.2, -0.15) is 0 Å². The van der Waals surface area contributed by atoms with Crippen LogP contribution in [0.2, 0.25) is 0 Å². The average Bonchev–Trinajstić information content (AvgIpc) is 2.64. The number of hydrogen-bond donors (Lipinski definition) is 0. The number of anilines is 1. The van der Waals surface area contributed by atoms with Crippen molar-refractivity contribution in [2.75, 3.05) is 12.0 Å². The molecule has 0 aromatic heterocycles. The fourth-order valence-electron chi connectivity index (χ4n) is 2.70. The van der Waals surface area contributed by atoms with E-state index in [0.717, 1.165) is 5.56 Å². The van der Waals surface area contributed by atoms with Crippen molar-refractivity contribution in [3.63, 3.8) is 0 Å². The van der Waals surface area contributed by atoms with Crippen LogP contribution in [0.25, 0.3) is 0 Å². The first kappa shape index (κ1) is 16.5. The molecule has 1 heterocycles. The summed E-state index contributed by atoms with van der Waals surface area (Å²) in [6, 6.07) is 15.6. The highest BCUT2D eigenvalue weighted by Crippen LogP contribution is 2.34. The Hall–Kier alpha value is -2.34. The van der Waals surface area contributed by atoms with Crippen LogP contribution >= 0.6 is 15.9 Å². The van der Waals surface area contributed by atoms with E-state index >= 15 is 0 Å². The molecule has 5 nitrogen and oxygen atoms in total. The number of rotatable bonds is 5. The number of amides is 1. The Morgan fingerprint density at radius 2 is 1.79 bits per heavy atom. The fraction of sp³-hybridized carbons (Fsp3) is 0.222. The first-order chi connectivity index (χ1) is 11.7. The Kier molecular flexibility index (Phi) is 4.85. The summed E-state index contributed by atoms with van der Waals surface area (Å²) in [4.78, 5) is 26.3. The first-order valence-electron chi connectivity index (χ1n) is 7.44. The number of carbonyl (C=O) groups excluding carboxylic acids is 2. The van der Waals surface area contributed by atoms with Gasteiger partial charge in [-0.05, 0) is 23.8 Å². The number of methoxy groups -OCH3 is 1. The summed E-state index contributed by atoms with van der Waals surface area (Å²) in [6.45, 7) is 0. The number of esters is 1. The first-order valence-corrected chi connectivity index (χ1v) is 8.56. The summed E-state index contributed by atoms with van der Waals surface area (Å²) >= 11 is 3.41. The average molecular weight is 390 g/mol. The molecule has 1 aliphatic heterocycles. The minimum atomic E-state index is -0.886. The quantitative estimate of drug-likeness (QED) is 0.448. The van der Waals surface area contributed by atoms with E-state index in [0.29, 0.717) is 16.8 Å². The van der Waals surface area contributed by atoms with Crippen molar-refractivity contribution >= 4 is 33.5 Å². The van der Waals surface area contributed by atoms with E-state index in [4.69, 9.17) is 9.47 Å². The topological polar surface area (TPSA) is 55.8 Å². The number of hydrogen-bond acceptors (Lipinski definition) is 4. The van der Waals surface area contributed by atoms with E-state index in [1.54, 1.807) is 12.1 Å². The molecule has 0 bridgehead atoms. The van der Waals surface area contributed by atoms with Gasteiger partial charge in [-0.25, -0.2) is 4.79 Å². The van der Waals surface area contributed by atoms with Gasteiger partial charge in [0.15, 0.2) is 6.04 Å². The zero-order valence-corrected chi connectivity index (χ0v) is 14.6. The molecule has 1 fully saturated rings. The molecular weight excluding hydrogens is 374 g/mol. The van der Waals surface area contributed by atoms with Crippen LogP contribution in [0.1, 0.15) is 5.56 Å². The molecule has 1 amide bonds. The Morgan fingerprint density at radius 3 is 2.46 bits per heavy atom. The zero-order chi connectivity index (χ0) is 17.1. The largest absolute Gasteiger partial charge is 0.478 e. The van der Waals surface area contributed by atoms with Gasteiger partial charge in [0.1, 0.15) is 5.75 Å². The van der Waals surface area contributed by atoms with Gasteiger partial charge in [0, 0.05) is 11.0 Å². The number of alkyl halides is 1. The summed E-state index contributed by atoms with van der Waals surface area (Å²) in [7, 11) is 1.30. The van der Waals surface area contributed by atoms with E-state index in [1.165, 1.54) is 12.0 Å². The minimum Gasteiger partial charge on any atom is -0.478 e. The molecule has 0 N–H and O–H groups in total. The van der Waals surface area contributed by atoms with E-state index in [2.05, 4.69) is 15.9 Å². The Balaban J connectivity index is 1.91. The lowest BCUT2D eigenvalue weighted by Crippen LogP contribution is -2.70. The predicted octanol–water partition coefficient (Wildman–Crippen LogP) is 2.92. The predicted molar refractivity (Wildman–Crippen MR) is 93.2 cm³/mol. The van der Waals surface area contributed by atoms with Crippen LogP contribution < -0.4 is 9.64 Å². The molecule has 2 aromatic carbocycles. The maximum absolute atomic E-state index is 12.6. The Morgan fingerprint density at radius 1 is 1.12 bits per heavy atom. The number of nitrogens with zero attached hydrogens (tertiary/aromatic N) is 1. The van der Waals surface area contributed by atoms with Crippen molar-refractivity contribution in [2.45, 2.75) is 17.5 Å². The molecular formula is C18H16BrNO4. The summed E-state index contributed by atoms with van der Waals surface area (Å²) in [5, 5.41) is 0.574. The van der Waals surface area contributed by atoms with Gasteiger partial charge >= 0.3 is 5.97 Å². The van der Waals surface area contributed by atoms with Gasteiger partial charge in [-0.1, -0.05) is 52.3 Å². The van der Waals surface area contributed by atoms with E-state index in [9.17, 15) is 9.59 Å². The molecule has 6 heteroatoms. The van der Waals surface area contributed by atoms with Crippen LogP contribution in [0.3, 0.4) is 0 Å². The number of ether oxygens (including phenoxy) is 2. The van der Waals surface area contributed by atoms with Gasteiger partial charge in [0.05, 0.1) is 7.11 Å². The maximum atomic E-state index is 12.6. The van der Waals surface area contributed by atoms with Crippen LogP contribution in [0.4, 0.5) is 5.69 Å². The summed E-state index contributed by atoms with van der Waals surface area (Å²) < 4.78 is 10.6. The highest BCUT2D eigenvalue weighted by Gasteiger charge is 2.55. The van der Waals surface area contributed by atoms with Crippen molar-refractivity contribution < 1.29 is 19.1 Å². The van der Waals surface area contributed by atoms with E-state index in [1.807, 2.05) is 42.5 Å². The highest BCUT2D eigenvalue weighted by atomic mass is 79.9. The molecule has 0 unspecified atom stereocenters. The number of benzene rings is 2. The lowest BCUT2D eigenvalue weighted by molar-refractivity contribution is -0.154. The third-order valence-corrected chi connectivity index (χ3v) is 4.49. The van der Waals surface area contributed by atoms with Crippen LogP contribution in [0.5, 0.6) is 5.75 Å². The number of carbonyl (C=O) groups is 2. The van der Waals surface area contributed by atoms with Crippen LogP contribution in [-0.2, 0) is 19.7 Å². The van der Waals surface area contributed by atoms with E-state index < -0.39 is 18.1 Å². The number of β-lactam (4-membered cyclic amide) rings is 1. The van der Waals surface area contributed by atoms with Crippen molar-refractivity contribution in [2.24, 2.45) is 0 Å². The molecule has 0 radical (unpaired) electrons. The third kappa shape index (κ3) is 2.89. The number of para-hydroxylation sites is 2. The molecule has 0 saturated carbocycles. The molecule has 0 aliphatic carbocycles. The zero-order valence-electron chi connectivity index (χ0n) is 13.0. The normalized spacial score (nSPS) is 19.6. The smallest absolute Gasteiger partial charge is 0.333 e. The summed E-state index contributed by atoms with van der Waals surface area (Å²) in [5.41, 5.74) is 1.60. The SMILES string of the molecule is COC(=O)[C@H]1[C@@H](Oc2ccccc2)C(=O)N1c1ccccc1CBr. The summed E-state index contributed by atoms with van der Waals surface area (Å²) in [6.07, 6.45) is -0.886. The summed E-state index contributed by atoms with van der Waals surface area (Å²) in [5.74, 6) is -0.222. The van der Waals surface area contributed by atoms with Crippen molar-refractivity contribution in [1.29, 1.82) is 0 Å². The second-order valence-corrected chi connectivity index (χ2v) is 5.85. The van der Waals surface area contributed by atoms with Gasteiger partial charge in [-0.15, -0.1) is 0 Å². The van der Waals surface area contributed by atoms with Crippen molar-refractivity contribution in [3.05, 3.63) is 60.2 Å². The standard InChI is InChI=1S/C18H16BrNO4/c1-23-18(22)15-16(24-13-8-3-2-4-9-13)17(21)20(15)14-10-6-5-7-12(14)11-19/h2-10,15-16H,11H2,1H3/t15-,16-/m1/s1. The Bertz CT molecular complexity index is 750. The third-order valence-electron chi connectivity index (χ3n) is 3.89. The fourth-order valence-corrected chi connectivity index (χ4v) is 3.17. The molecule has 2 aromatic rings. The molecule has 2 atom stereocenters. The van der Waals surface area contributed by atoms with Crippen molar-refractivity contribution in [1.82, 2.24) is 0 Å². The van der Waals surface area contributed by atoms with Crippen LogP contribution in [-0.4, -0.2) is 31.1 Å². The van der Waals surface area contributed by atoms with Gasteiger partial charge in [-0.3, -0.25) is 9.69 Å². The Labute approximate surface area is 148 Å². The lowest BCUT2D eigenvalue weighted by Gasteiger charge is -2.44. The molecule has 1 aliphatic rings. The van der Waals surface area contributed by atoms with Gasteiger partial charge in [0.2, 0.25) is 6.10 Å². The molecule has 3 rings (SSSR count). The molecule has 24 heavy (non-hydrogen) atoms. The van der Waals surface area contributed by atoms with Crippen molar-refractivity contribution in [3.8, 4) is 5.75 Å². The monoisotopic (exact) mass is 389 g/mol. The molecule has 124 valence electrons. The highest BCUT2D eigenvalue weighted by molar-refractivity contribution is 9.08. The molecule has 0 spiro atoms. The maximum Gasteiger partial charge on any atom is 0.333 e. The van der Waals surface area contributed by atoms with Crippen LogP contribution in [0.15, 0.2) is 54.6 Å². The van der Waals surface area contributed by atoms with Gasteiger partial charge < -0.3 is 9.47 Å². The van der Waals surface area contributed by atoms with E-state index in [-0.39, 0.29) is 5.91 Å². The molecule has 1 saturated heterocycles.